The van der Waals surface area contributed by atoms with Crippen molar-refractivity contribution in [3.8, 4) is 17.1 Å². The number of halogens is 1. The minimum Gasteiger partial charge on any atom is -0.496 e. The summed E-state index contributed by atoms with van der Waals surface area (Å²) in [5, 5.41) is 19.6. The predicted molar refractivity (Wildman–Crippen MR) is 161 cm³/mol. The number of aliphatic hydroxyl groups is 1. The van der Waals surface area contributed by atoms with Gasteiger partial charge in [0.25, 0.3) is 0 Å². The third-order valence-electron chi connectivity index (χ3n) is 7.65. The molecule has 4 aromatic rings. The maximum Gasteiger partial charge on any atom is 0.349 e. The van der Waals surface area contributed by atoms with E-state index < -0.39 is 11.6 Å². The molecule has 3 aromatic heterocycles. The van der Waals surface area contributed by atoms with E-state index in [-0.39, 0.29) is 6.10 Å². The first-order valence-corrected chi connectivity index (χ1v) is 15.8. The van der Waals surface area contributed by atoms with Crippen LogP contribution in [0.2, 0.25) is 5.02 Å². The minimum absolute atomic E-state index is 0.226. The van der Waals surface area contributed by atoms with Gasteiger partial charge in [0.1, 0.15) is 11.9 Å². The summed E-state index contributed by atoms with van der Waals surface area (Å²) in [5.74, 6) is 0.634. The van der Waals surface area contributed by atoms with E-state index in [9.17, 15) is 14.7 Å². The van der Waals surface area contributed by atoms with Crippen molar-refractivity contribution in [2.45, 2.75) is 56.3 Å². The lowest BCUT2D eigenvalue weighted by Gasteiger charge is -2.35. The number of esters is 1. The number of aryl methyl sites for hydroxylation is 1. The van der Waals surface area contributed by atoms with Crippen LogP contribution in [0.4, 0.5) is 0 Å². The molecule has 0 amide bonds. The molecule has 0 unspecified atom stereocenters. The molecule has 0 bridgehead atoms. The lowest BCUT2D eigenvalue weighted by atomic mass is 9.91. The van der Waals surface area contributed by atoms with Gasteiger partial charge in [0, 0.05) is 18.0 Å². The first kappa shape index (κ1) is 30.4. The summed E-state index contributed by atoms with van der Waals surface area (Å²) in [7, 11) is 3.58. The van der Waals surface area contributed by atoms with Gasteiger partial charge in [0.05, 0.1) is 27.5 Å². The summed E-state index contributed by atoms with van der Waals surface area (Å²) in [4.78, 5) is 32.4. The maximum absolute atomic E-state index is 13.3. The summed E-state index contributed by atoms with van der Waals surface area (Å²) in [6, 6.07) is 10.7. The van der Waals surface area contributed by atoms with Gasteiger partial charge in [-0.3, -0.25) is 4.79 Å². The molecule has 3 heterocycles. The number of methoxy groups -OCH3 is 1. The minimum atomic E-state index is -1.78. The molecule has 1 N–H and O–H groups in total. The fraction of sp³-hybridized carbons (Fsp3) is 0.400. The van der Waals surface area contributed by atoms with Crippen LogP contribution >= 0.6 is 34.3 Å². The first-order chi connectivity index (χ1) is 20.3. The second-order valence-corrected chi connectivity index (χ2v) is 12.6. The Hall–Kier alpha value is -3.09. The van der Waals surface area contributed by atoms with Gasteiger partial charge in [-0.2, -0.15) is 4.98 Å². The smallest absolute Gasteiger partial charge is 0.349 e. The number of hydrogen-bond acceptors (Lipinski definition) is 11. The Morgan fingerprint density at radius 3 is 2.48 bits per heavy atom. The van der Waals surface area contributed by atoms with Crippen molar-refractivity contribution >= 4 is 46.5 Å². The Bertz CT molecular complexity index is 1450. The zero-order chi connectivity index (χ0) is 29.7. The van der Waals surface area contributed by atoms with E-state index in [0.717, 1.165) is 38.6 Å². The molecule has 0 spiro atoms. The number of benzene rings is 1. The number of carbonyl (C=O) groups excluding carboxylic acids is 2. The second-order valence-electron chi connectivity index (χ2n) is 10.3. The molecule has 12 heteroatoms. The Morgan fingerprint density at radius 1 is 1.19 bits per heavy atom. The molecule has 1 aromatic carbocycles. The highest BCUT2D eigenvalue weighted by molar-refractivity contribution is 7.12. The van der Waals surface area contributed by atoms with Crippen molar-refractivity contribution in [3.63, 3.8) is 0 Å². The quantitative estimate of drug-likeness (QED) is 0.149. The molecule has 1 aliphatic rings. The largest absolute Gasteiger partial charge is 0.496 e. The Kier molecular flexibility index (Phi) is 9.74. The van der Waals surface area contributed by atoms with Gasteiger partial charge in [-0.05, 0) is 80.7 Å². The first-order valence-electron chi connectivity index (χ1n) is 13.7. The molecular formula is C30H32ClN3O6S2. The van der Waals surface area contributed by atoms with Gasteiger partial charge in [-0.1, -0.05) is 28.9 Å². The Morgan fingerprint density at radius 2 is 1.88 bits per heavy atom. The van der Waals surface area contributed by atoms with E-state index in [1.54, 1.807) is 18.2 Å². The van der Waals surface area contributed by atoms with Crippen molar-refractivity contribution < 1.29 is 28.7 Å². The van der Waals surface area contributed by atoms with Crippen molar-refractivity contribution in [1.82, 2.24) is 15.0 Å². The van der Waals surface area contributed by atoms with Crippen LogP contribution in [-0.4, -0.2) is 65.3 Å². The van der Waals surface area contributed by atoms with Gasteiger partial charge in [0.15, 0.2) is 6.29 Å². The van der Waals surface area contributed by atoms with Crippen molar-refractivity contribution in [2.75, 3.05) is 20.7 Å². The van der Waals surface area contributed by atoms with Crippen LogP contribution in [0.5, 0.6) is 5.75 Å². The van der Waals surface area contributed by atoms with E-state index in [0.29, 0.717) is 62.1 Å². The van der Waals surface area contributed by atoms with E-state index >= 15 is 0 Å². The van der Waals surface area contributed by atoms with Crippen LogP contribution in [-0.2, 0) is 21.6 Å². The number of hydrogen-bond donors (Lipinski definition) is 1. The monoisotopic (exact) mass is 629 g/mol. The lowest BCUT2D eigenvalue weighted by molar-refractivity contribution is -0.169. The Labute approximate surface area is 257 Å². The predicted octanol–water partition coefficient (Wildman–Crippen LogP) is 5.99. The van der Waals surface area contributed by atoms with Crippen molar-refractivity contribution in [2.24, 2.45) is 0 Å². The maximum atomic E-state index is 13.3. The number of ether oxygens (including phenoxy) is 2. The third-order valence-corrected chi connectivity index (χ3v) is 9.92. The number of rotatable bonds is 12. The van der Waals surface area contributed by atoms with Crippen LogP contribution in [0.15, 0.2) is 51.7 Å². The third kappa shape index (κ3) is 6.45. The van der Waals surface area contributed by atoms with Crippen LogP contribution in [0.25, 0.3) is 11.4 Å². The van der Waals surface area contributed by atoms with Crippen LogP contribution in [0, 0.1) is 0 Å². The van der Waals surface area contributed by atoms with Gasteiger partial charge >= 0.3 is 5.97 Å². The Balaban J connectivity index is 1.10. The van der Waals surface area contributed by atoms with Gasteiger partial charge in [0.2, 0.25) is 17.3 Å². The average Bonchev–Trinajstić information content (AvgIpc) is 3.80. The van der Waals surface area contributed by atoms with Gasteiger partial charge < -0.3 is 24.0 Å². The molecule has 1 saturated carbocycles. The van der Waals surface area contributed by atoms with Gasteiger partial charge in [-0.15, -0.1) is 22.7 Å². The van der Waals surface area contributed by atoms with E-state index in [2.05, 4.69) is 22.1 Å². The molecule has 5 rings (SSSR count). The molecule has 0 radical (unpaired) electrons. The average molecular weight is 630 g/mol. The molecular weight excluding hydrogens is 598 g/mol. The van der Waals surface area contributed by atoms with E-state index in [4.69, 9.17) is 25.6 Å². The van der Waals surface area contributed by atoms with Crippen LogP contribution in [0.3, 0.4) is 0 Å². The zero-order valence-electron chi connectivity index (χ0n) is 23.3. The number of aromatic nitrogens is 2. The second kappa shape index (κ2) is 13.5. The zero-order valence-corrected chi connectivity index (χ0v) is 25.7. The summed E-state index contributed by atoms with van der Waals surface area (Å²) in [6.07, 6.45) is 5.16. The number of carbonyl (C=O) groups is 2. The SMILES string of the molecule is COc1cc(-c2noc(CCCN(C)C3CCC(OC(=O)C(O)(c4cccs4)c4cccs4)CC3)n2)c(Cl)cc1C=O. The van der Waals surface area contributed by atoms with E-state index in [1.807, 2.05) is 22.9 Å². The molecule has 0 aliphatic heterocycles. The standard InChI is InChI=1S/C30H32ClN3O6S2/c1-34(13-3-8-27-32-28(33-40-27)22-17-24(38-2)19(18-35)16-23(22)31)20-9-11-21(12-10-20)39-29(36)30(37,25-6-4-14-41-25)26-7-5-15-42-26/h4-7,14-18,20-21,37H,3,8-13H2,1-2H3. The van der Waals surface area contributed by atoms with Gasteiger partial charge in [-0.25, -0.2) is 4.79 Å². The van der Waals surface area contributed by atoms with E-state index in [1.165, 1.54) is 35.8 Å². The molecule has 9 nitrogen and oxygen atoms in total. The molecule has 1 aliphatic carbocycles. The lowest BCUT2D eigenvalue weighted by Crippen LogP contribution is -2.42. The number of nitrogens with zero attached hydrogens (tertiary/aromatic N) is 3. The fourth-order valence-electron chi connectivity index (χ4n) is 5.27. The summed E-state index contributed by atoms with van der Waals surface area (Å²) in [6.45, 7) is 0.839. The summed E-state index contributed by atoms with van der Waals surface area (Å²) in [5.41, 5.74) is -0.891. The molecule has 42 heavy (non-hydrogen) atoms. The van der Waals surface area contributed by atoms with Crippen LogP contribution < -0.4 is 4.74 Å². The molecule has 0 saturated heterocycles. The van der Waals surface area contributed by atoms with Crippen molar-refractivity contribution in [3.05, 3.63) is 73.4 Å². The summed E-state index contributed by atoms with van der Waals surface area (Å²) < 4.78 is 16.6. The highest BCUT2D eigenvalue weighted by atomic mass is 35.5. The summed E-state index contributed by atoms with van der Waals surface area (Å²) >= 11 is 9.03. The normalized spacial score (nSPS) is 17.4. The highest BCUT2D eigenvalue weighted by Gasteiger charge is 2.45. The number of aldehydes is 1. The highest BCUT2D eigenvalue weighted by Crippen LogP contribution is 2.38. The van der Waals surface area contributed by atoms with Crippen LogP contribution in [0.1, 0.15) is 58.1 Å². The topological polar surface area (TPSA) is 115 Å². The fourth-order valence-corrected chi connectivity index (χ4v) is 7.24. The molecule has 222 valence electrons. The molecule has 1 fully saturated rings. The molecule has 0 atom stereocenters. The number of thiophene rings is 2. The van der Waals surface area contributed by atoms with Crippen molar-refractivity contribution in [1.29, 1.82) is 0 Å².